The molecule has 0 spiro atoms. The number of rotatable bonds is 6. The third-order valence-corrected chi connectivity index (χ3v) is 2.56. The van der Waals surface area contributed by atoms with Crippen LogP contribution in [0.4, 0.5) is 0 Å². The van der Waals surface area contributed by atoms with Crippen LogP contribution in [0, 0.1) is 5.92 Å². The quantitative estimate of drug-likeness (QED) is 0.346. The summed E-state index contributed by atoms with van der Waals surface area (Å²) < 4.78 is 4.80. The predicted octanol–water partition coefficient (Wildman–Crippen LogP) is 1.30. The van der Waals surface area contributed by atoms with Gasteiger partial charge in [-0.3, -0.25) is 14.8 Å². The Bertz CT molecular complexity index is 391. The van der Waals surface area contributed by atoms with Crippen LogP contribution in [-0.2, 0) is 20.7 Å². The molecule has 0 aliphatic rings. The molecule has 5 heteroatoms. The van der Waals surface area contributed by atoms with E-state index in [1.54, 1.807) is 6.92 Å². The first-order chi connectivity index (χ1) is 8.69. The van der Waals surface area contributed by atoms with Crippen molar-refractivity contribution in [2.75, 3.05) is 6.61 Å². The van der Waals surface area contributed by atoms with E-state index < -0.39 is 17.8 Å². The molecule has 0 aromatic heterocycles. The Hall–Kier alpha value is -1.88. The Morgan fingerprint density at radius 1 is 1.33 bits per heavy atom. The van der Waals surface area contributed by atoms with Gasteiger partial charge in [-0.05, 0) is 25.3 Å². The predicted molar refractivity (Wildman–Crippen MR) is 64.8 cm³/mol. The molecule has 0 bridgehead atoms. The molecule has 0 aliphatic carbocycles. The minimum atomic E-state index is -0.977. The van der Waals surface area contributed by atoms with Crippen molar-refractivity contribution < 1.29 is 19.5 Å². The third kappa shape index (κ3) is 4.18. The summed E-state index contributed by atoms with van der Waals surface area (Å²) in [4.78, 5) is 23.0. The van der Waals surface area contributed by atoms with E-state index in [-0.39, 0.29) is 6.61 Å². The zero-order valence-electron chi connectivity index (χ0n) is 10.3. The van der Waals surface area contributed by atoms with E-state index in [2.05, 4.69) is 0 Å². The van der Waals surface area contributed by atoms with Crippen molar-refractivity contribution in [2.45, 2.75) is 19.8 Å². The lowest BCUT2D eigenvalue weighted by Crippen LogP contribution is -2.35. The van der Waals surface area contributed by atoms with Crippen molar-refractivity contribution in [1.82, 2.24) is 5.48 Å². The molecule has 0 aliphatic heterocycles. The number of aryl methyl sites for hydroxylation is 1. The van der Waals surface area contributed by atoms with Crippen LogP contribution in [0.1, 0.15) is 18.9 Å². The van der Waals surface area contributed by atoms with Gasteiger partial charge >= 0.3 is 5.97 Å². The van der Waals surface area contributed by atoms with Gasteiger partial charge < -0.3 is 4.74 Å². The Morgan fingerprint density at radius 2 is 2.00 bits per heavy atom. The summed E-state index contributed by atoms with van der Waals surface area (Å²) in [6, 6.07) is 9.51. The summed E-state index contributed by atoms with van der Waals surface area (Å²) in [6.45, 7) is 1.88. The van der Waals surface area contributed by atoms with Crippen LogP contribution in [-0.4, -0.2) is 23.7 Å². The summed E-state index contributed by atoms with van der Waals surface area (Å²) in [6.07, 6.45) is 0.868. The molecule has 0 saturated heterocycles. The molecule has 5 nitrogen and oxygen atoms in total. The fourth-order valence-corrected chi connectivity index (χ4v) is 1.63. The Labute approximate surface area is 106 Å². The van der Waals surface area contributed by atoms with Crippen LogP contribution < -0.4 is 5.48 Å². The summed E-state index contributed by atoms with van der Waals surface area (Å²) in [5, 5.41) is 8.61. The van der Waals surface area contributed by atoms with E-state index in [9.17, 15) is 9.59 Å². The monoisotopic (exact) mass is 251 g/mol. The SMILES string of the molecule is CCOC(=O)[C@@H](CCc1ccccc1)C(=O)NO. The van der Waals surface area contributed by atoms with Crippen LogP contribution >= 0.6 is 0 Å². The molecule has 0 heterocycles. The van der Waals surface area contributed by atoms with Crippen LogP contribution in [0.3, 0.4) is 0 Å². The number of carbonyl (C=O) groups excluding carboxylic acids is 2. The second-order valence-corrected chi connectivity index (χ2v) is 3.80. The van der Waals surface area contributed by atoms with Gasteiger partial charge in [0.25, 0.3) is 5.91 Å². The molecule has 2 N–H and O–H groups in total. The van der Waals surface area contributed by atoms with Gasteiger partial charge in [0, 0.05) is 0 Å². The second-order valence-electron chi connectivity index (χ2n) is 3.80. The van der Waals surface area contributed by atoms with Gasteiger partial charge in [0.05, 0.1) is 6.61 Å². The topological polar surface area (TPSA) is 75.6 Å². The van der Waals surface area contributed by atoms with Crippen LogP contribution in [0.25, 0.3) is 0 Å². The molecule has 0 fully saturated rings. The highest BCUT2D eigenvalue weighted by Gasteiger charge is 2.27. The normalized spacial score (nSPS) is 11.7. The molecule has 1 amide bonds. The maximum atomic E-state index is 11.6. The zero-order chi connectivity index (χ0) is 13.4. The molecule has 0 radical (unpaired) electrons. The van der Waals surface area contributed by atoms with Crippen molar-refractivity contribution in [1.29, 1.82) is 0 Å². The van der Waals surface area contributed by atoms with E-state index in [1.807, 2.05) is 30.3 Å². The van der Waals surface area contributed by atoms with Gasteiger partial charge in [-0.15, -0.1) is 0 Å². The van der Waals surface area contributed by atoms with Gasteiger partial charge in [-0.1, -0.05) is 30.3 Å². The van der Waals surface area contributed by atoms with Gasteiger partial charge in [-0.2, -0.15) is 0 Å². The minimum Gasteiger partial charge on any atom is -0.465 e. The van der Waals surface area contributed by atoms with Crippen LogP contribution in [0.15, 0.2) is 30.3 Å². The molecule has 1 atom stereocenters. The number of amides is 1. The van der Waals surface area contributed by atoms with E-state index in [0.29, 0.717) is 12.8 Å². The molecule has 1 aromatic carbocycles. The number of benzene rings is 1. The molecule has 0 saturated carbocycles. The van der Waals surface area contributed by atoms with Crippen molar-refractivity contribution in [3.63, 3.8) is 0 Å². The Morgan fingerprint density at radius 3 is 2.56 bits per heavy atom. The number of ether oxygens (including phenoxy) is 1. The summed E-state index contributed by atoms with van der Waals surface area (Å²) in [7, 11) is 0. The van der Waals surface area contributed by atoms with Gasteiger partial charge in [0.1, 0.15) is 5.92 Å². The maximum absolute atomic E-state index is 11.6. The Balaban J connectivity index is 2.62. The summed E-state index contributed by atoms with van der Waals surface area (Å²) >= 11 is 0. The molecule has 0 unspecified atom stereocenters. The van der Waals surface area contributed by atoms with Crippen LogP contribution in [0.5, 0.6) is 0 Å². The lowest BCUT2D eigenvalue weighted by Gasteiger charge is -2.13. The van der Waals surface area contributed by atoms with Crippen molar-refractivity contribution in [3.05, 3.63) is 35.9 Å². The zero-order valence-corrected chi connectivity index (χ0v) is 10.3. The van der Waals surface area contributed by atoms with Gasteiger partial charge in [-0.25, -0.2) is 5.48 Å². The first-order valence-corrected chi connectivity index (χ1v) is 5.83. The van der Waals surface area contributed by atoms with Gasteiger partial charge in [0.2, 0.25) is 0 Å². The molecular weight excluding hydrogens is 234 g/mol. The number of hydrogen-bond acceptors (Lipinski definition) is 4. The van der Waals surface area contributed by atoms with E-state index in [0.717, 1.165) is 5.56 Å². The molecule has 1 aromatic rings. The van der Waals surface area contributed by atoms with E-state index >= 15 is 0 Å². The van der Waals surface area contributed by atoms with Crippen molar-refractivity contribution >= 4 is 11.9 Å². The number of hydroxylamine groups is 1. The maximum Gasteiger partial charge on any atom is 0.318 e. The lowest BCUT2D eigenvalue weighted by atomic mass is 9.99. The Kier molecular flexibility index (Phi) is 5.87. The highest BCUT2D eigenvalue weighted by Crippen LogP contribution is 2.12. The number of carbonyl (C=O) groups is 2. The minimum absolute atomic E-state index is 0.208. The van der Waals surface area contributed by atoms with Crippen LogP contribution in [0.2, 0.25) is 0 Å². The van der Waals surface area contributed by atoms with Crippen molar-refractivity contribution in [3.8, 4) is 0 Å². The summed E-state index contributed by atoms with van der Waals surface area (Å²) in [5.41, 5.74) is 2.53. The smallest absolute Gasteiger partial charge is 0.318 e. The molecular formula is C13H17NO4. The molecule has 98 valence electrons. The first-order valence-electron chi connectivity index (χ1n) is 5.83. The standard InChI is InChI=1S/C13H17NO4/c1-2-18-13(16)11(12(15)14-17)9-8-10-6-4-3-5-7-10/h3-7,11,17H,2,8-9H2,1H3,(H,14,15)/t11-/m0/s1. The highest BCUT2D eigenvalue weighted by atomic mass is 16.5. The molecule has 1 rings (SSSR count). The number of nitrogens with one attached hydrogen (secondary N) is 1. The number of esters is 1. The molecule has 18 heavy (non-hydrogen) atoms. The van der Waals surface area contributed by atoms with E-state index in [4.69, 9.17) is 9.94 Å². The fourth-order valence-electron chi connectivity index (χ4n) is 1.63. The lowest BCUT2D eigenvalue weighted by molar-refractivity contribution is -0.155. The van der Waals surface area contributed by atoms with Gasteiger partial charge in [0.15, 0.2) is 0 Å². The second kappa shape index (κ2) is 7.45. The third-order valence-electron chi connectivity index (χ3n) is 2.56. The first kappa shape index (κ1) is 14.2. The average molecular weight is 251 g/mol. The largest absolute Gasteiger partial charge is 0.465 e. The summed E-state index contributed by atoms with van der Waals surface area (Å²) in [5.74, 6) is -2.32. The van der Waals surface area contributed by atoms with E-state index in [1.165, 1.54) is 5.48 Å². The number of hydrogen-bond donors (Lipinski definition) is 2. The van der Waals surface area contributed by atoms with Crippen molar-refractivity contribution in [2.24, 2.45) is 5.92 Å². The average Bonchev–Trinajstić information content (AvgIpc) is 2.40. The fraction of sp³-hybridized carbons (Fsp3) is 0.385. The highest BCUT2D eigenvalue weighted by molar-refractivity contribution is 5.97.